The van der Waals surface area contributed by atoms with Crippen molar-refractivity contribution in [2.75, 3.05) is 14.2 Å². The van der Waals surface area contributed by atoms with Crippen molar-refractivity contribution in [1.29, 1.82) is 0 Å². The molecule has 1 aromatic carbocycles. The SMILES string of the molecule is COc1cc(F)c(C(O)C2C(C)OC(C)C2C)cc1OC. The Hall–Kier alpha value is -1.33. The minimum absolute atomic E-state index is 0.0443. The summed E-state index contributed by atoms with van der Waals surface area (Å²) in [6.07, 6.45) is -1.03. The second-order valence-corrected chi connectivity index (χ2v) is 5.66. The number of aliphatic hydroxyl groups excluding tert-OH is 1. The van der Waals surface area contributed by atoms with Crippen LogP contribution in [0, 0.1) is 17.7 Å². The van der Waals surface area contributed by atoms with Gasteiger partial charge in [0.1, 0.15) is 5.82 Å². The summed E-state index contributed by atoms with van der Waals surface area (Å²) in [6, 6.07) is 2.74. The Kier molecular flexibility index (Phi) is 4.74. The maximum Gasteiger partial charge on any atom is 0.163 e. The van der Waals surface area contributed by atoms with Crippen LogP contribution in [0.2, 0.25) is 0 Å². The van der Waals surface area contributed by atoms with Gasteiger partial charge < -0.3 is 19.3 Å². The second kappa shape index (κ2) is 6.20. The van der Waals surface area contributed by atoms with E-state index < -0.39 is 11.9 Å². The molecule has 0 saturated carbocycles. The summed E-state index contributed by atoms with van der Waals surface area (Å²) in [6.45, 7) is 5.89. The molecule has 5 atom stereocenters. The number of hydrogen-bond acceptors (Lipinski definition) is 4. The average Bonchev–Trinajstić information content (AvgIpc) is 2.71. The van der Waals surface area contributed by atoms with E-state index in [0.29, 0.717) is 11.5 Å². The van der Waals surface area contributed by atoms with Crippen LogP contribution in [0.1, 0.15) is 32.4 Å². The molecule has 0 aliphatic carbocycles. The molecular weight excluding hydrogens is 275 g/mol. The van der Waals surface area contributed by atoms with Crippen molar-refractivity contribution >= 4 is 0 Å². The Bertz CT molecular complexity index is 505. The number of ether oxygens (including phenoxy) is 3. The lowest BCUT2D eigenvalue weighted by Crippen LogP contribution is -2.25. The fourth-order valence-corrected chi connectivity index (χ4v) is 3.14. The van der Waals surface area contributed by atoms with E-state index in [1.807, 2.05) is 20.8 Å². The van der Waals surface area contributed by atoms with Gasteiger partial charge in [0.2, 0.25) is 0 Å². The third-order valence-electron chi connectivity index (χ3n) is 4.50. The number of hydrogen-bond donors (Lipinski definition) is 1. The summed E-state index contributed by atoms with van der Waals surface area (Å²) in [4.78, 5) is 0. The topological polar surface area (TPSA) is 47.9 Å². The number of aliphatic hydroxyl groups is 1. The van der Waals surface area contributed by atoms with E-state index in [-0.39, 0.29) is 29.6 Å². The Balaban J connectivity index is 2.37. The van der Waals surface area contributed by atoms with Gasteiger partial charge in [-0.05, 0) is 25.8 Å². The second-order valence-electron chi connectivity index (χ2n) is 5.66. The van der Waals surface area contributed by atoms with Crippen LogP contribution >= 0.6 is 0 Å². The fraction of sp³-hybridized carbons (Fsp3) is 0.625. The monoisotopic (exact) mass is 298 g/mol. The van der Waals surface area contributed by atoms with Crippen LogP contribution in [0.15, 0.2) is 12.1 Å². The smallest absolute Gasteiger partial charge is 0.163 e. The van der Waals surface area contributed by atoms with Crippen molar-refractivity contribution in [2.45, 2.75) is 39.1 Å². The lowest BCUT2D eigenvalue weighted by Gasteiger charge is -2.26. The molecule has 5 heteroatoms. The van der Waals surface area contributed by atoms with Crippen molar-refractivity contribution in [3.8, 4) is 11.5 Å². The van der Waals surface area contributed by atoms with E-state index >= 15 is 0 Å². The molecule has 1 aliphatic rings. The van der Waals surface area contributed by atoms with Crippen molar-refractivity contribution in [1.82, 2.24) is 0 Å². The highest BCUT2D eigenvalue weighted by Gasteiger charge is 2.42. The van der Waals surface area contributed by atoms with Gasteiger partial charge >= 0.3 is 0 Å². The highest BCUT2D eigenvalue weighted by atomic mass is 19.1. The van der Waals surface area contributed by atoms with Crippen molar-refractivity contribution in [3.63, 3.8) is 0 Å². The van der Waals surface area contributed by atoms with E-state index in [1.54, 1.807) is 0 Å². The molecule has 0 amide bonds. The molecule has 0 spiro atoms. The first-order chi connectivity index (χ1) is 9.90. The van der Waals surface area contributed by atoms with Gasteiger partial charge in [-0.2, -0.15) is 0 Å². The van der Waals surface area contributed by atoms with Crippen molar-refractivity contribution < 1.29 is 23.7 Å². The van der Waals surface area contributed by atoms with Crippen LogP contribution in [-0.4, -0.2) is 31.5 Å². The number of methoxy groups -OCH3 is 2. The normalized spacial score (nSPS) is 30.2. The van der Waals surface area contributed by atoms with Crippen LogP contribution in [0.4, 0.5) is 4.39 Å². The highest BCUT2D eigenvalue weighted by molar-refractivity contribution is 5.44. The molecule has 2 rings (SSSR count). The molecule has 21 heavy (non-hydrogen) atoms. The van der Waals surface area contributed by atoms with Crippen LogP contribution in [-0.2, 0) is 4.74 Å². The Morgan fingerprint density at radius 3 is 2.14 bits per heavy atom. The summed E-state index contributed by atoms with van der Waals surface area (Å²) in [5, 5.41) is 10.6. The first kappa shape index (κ1) is 16.0. The summed E-state index contributed by atoms with van der Waals surface area (Å²) in [7, 11) is 2.93. The molecular formula is C16H23FO4. The molecule has 1 saturated heterocycles. The summed E-state index contributed by atoms with van der Waals surface area (Å²) in [5.74, 6) is 0.192. The van der Waals surface area contributed by atoms with E-state index in [9.17, 15) is 9.50 Å². The molecule has 0 radical (unpaired) electrons. The van der Waals surface area contributed by atoms with Gasteiger partial charge in [0.15, 0.2) is 11.5 Å². The first-order valence-corrected chi connectivity index (χ1v) is 7.15. The van der Waals surface area contributed by atoms with Gasteiger partial charge in [-0.25, -0.2) is 4.39 Å². The molecule has 1 N–H and O–H groups in total. The molecule has 1 aromatic rings. The molecule has 0 bridgehead atoms. The van der Waals surface area contributed by atoms with E-state index in [0.717, 1.165) is 0 Å². The third-order valence-corrected chi connectivity index (χ3v) is 4.50. The molecule has 1 aliphatic heterocycles. The minimum atomic E-state index is -0.945. The maximum absolute atomic E-state index is 14.3. The standard InChI is InChI=1S/C16H23FO4/c1-8-9(2)21-10(3)15(8)16(18)11-6-13(19-4)14(20-5)7-12(11)17/h6-10,15-16,18H,1-5H3. The van der Waals surface area contributed by atoms with Gasteiger partial charge in [0.25, 0.3) is 0 Å². The van der Waals surface area contributed by atoms with Gasteiger partial charge in [-0.3, -0.25) is 0 Å². The Labute approximate surface area is 124 Å². The number of benzene rings is 1. The zero-order valence-corrected chi connectivity index (χ0v) is 13.1. The predicted octanol–water partition coefficient (Wildman–Crippen LogP) is 2.94. The molecule has 1 fully saturated rings. The minimum Gasteiger partial charge on any atom is -0.493 e. The molecule has 5 unspecified atom stereocenters. The zero-order chi connectivity index (χ0) is 15.7. The van der Waals surface area contributed by atoms with Gasteiger partial charge in [-0.15, -0.1) is 0 Å². The molecule has 118 valence electrons. The maximum atomic E-state index is 14.3. The summed E-state index contributed by atoms with van der Waals surface area (Å²) in [5.41, 5.74) is 0.217. The highest BCUT2D eigenvalue weighted by Crippen LogP contribution is 2.43. The lowest BCUT2D eigenvalue weighted by molar-refractivity contribution is 0.0219. The van der Waals surface area contributed by atoms with E-state index in [1.165, 1.54) is 26.4 Å². The largest absolute Gasteiger partial charge is 0.493 e. The lowest BCUT2D eigenvalue weighted by atomic mass is 9.82. The van der Waals surface area contributed by atoms with Crippen LogP contribution < -0.4 is 9.47 Å². The molecule has 0 aromatic heterocycles. The van der Waals surface area contributed by atoms with Gasteiger partial charge in [0.05, 0.1) is 32.5 Å². The average molecular weight is 298 g/mol. The fourth-order valence-electron chi connectivity index (χ4n) is 3.14. The van der Waals surface area contributed by atoms with Crippen molar-refractivity contribution in [2.24, 2.45) is 11.8 Å². The summed E-state index contributed by atoms with van der Waals surface area (Å²) >= 11 is 0. The zero-order valence-electron chi connectivity index (χ0n) is 13.1. The number of rotatable bonds is 4. The van der Waals surface area contributed by atoms with Crippen molar-refractivity contribution in [3.05, 3.63) is 23.5 Å². The van der Waals surface area contributed by atoms with Crippen LogP contribution in [0.3, 0.4) is 0 Å². The number of halogens is 1. The van der Waals surface area contributed by atoms with E-state index in [4.69, 9.17) is 14.2 Å². The molecule has 1 heterocycles. The Morgan fingerprint density at radius 2 is 1.67 bits per heavy atom. The first-order valence-electron chi connectivity index (χ1n) is 7.15. The predicted molar refractivity (Wildman–Crippen MR) is 77.1 cm³/mol. The quantitative estimate of drug-likeness (QED) is 0.928. The van der Waals surface area contributed by atoms with Gasteiger partial charge in [-0.1, -0.05) is 6.92 Å². The van der Waals surface area contributed by atoms with Crippen LogP contribution in [0.25, 0.3) is 0 Å². The summed E-state index contributed by atoms with van der Waals surface area (Å²) < 4.78 is 30.3. The van der Waals surface area contributed by atoms with E-state index in [2.05, 4.69) is 0 Å². The van der Waals surface area contributed by atoms with Gasteiger partial charge in [0, 0.05) is 17.5 Å². The molecule has 4 nitrogen and oxygen atoms in total. The van der Waals surface area contributed by atoms with Crippen LogP contribution in [0.5, 0.6) is 11.5 Å². The third kappa shape index (κ3) is 2.85. The Morgan fingerprint density at radius 1 is 1.10 bits per heavy atom.